The first-order chi connectivity index (χ1) is 7.58. The van der Waals surface area contributed by atoms with Crippen LogP contribution in [-0.2, 0) is 11.2 Å². The van der Waals surface area contributed by atoms with Gasteiger partial charge in [0.25, 0.3) is 0 Å². The van der Waals surface area contributed by atoms with Crippen molar-refractivity contribution in [3.8, 4) is 0 Å². The molecule has 0 radical (unpaired) electrons. The molecule has 0 bridgehead atoms. The molecule has 1 heterocycles. The van der Waals surface area contributed by atoms with E-state index < -0.39 is 6.04 Å². The smallest absolute Gasteiger partial charge is 0.146 e. The molecular formula is C12H13ClN2O. The molecule has 1 aromatic carbocycles. The van der Waals surface area contributed by atoms with Crippen LogP contribution in [0.4, 0.5) is 0 Å². The van der Waals surface area contributed by atoms with Crippen LogP contribution in [0.15, 0.2) is 24.4 Å². The number of carbonyl (C=O) groups excluding carboxylic acids is 1. The Morgan fingerprint density at radius 3 is 3.00 bits per heavy atom. The van der Waals surface area contributed by atoms with Crippen LogP contribution in [0.1, 0.15) is 12.5 Å². The fourth-order valence-corrected chi connectivity index (χ4v) is 1.87. The molecule has 3 N–H and O–H groups in total. The molecule has 0 saturated heterocycles. The van der Waals surface area contributed by atoms with Gasteiger partial charge in [-0.2, -0.15) is 0 Å². The minimum Gasteiger partial charge on any atom is -0.361 e. The Balaban J connectivity index is 2.37. The van der Waals surface area contributed by atoms with E-state index in [9.17, 15) is 4.79 Å². The van der Waals surface area contributed by atoms with Crippen LogP contribution < -0.4 is 5.73 Å². The third-order valence-corrected chi connectivity index (χ3v) is 2.93. The zero-order valence-electron chi connectivity index (χ0n) is 8.96. The zero-order chi connectivity index (χ0) is 11.7. The summed E-state index contributed by atoms with van der Waals surface area (Å²) in [4.78, 5) is 14.2. The number of aromatic amines is 1. The zero-order valence-corrected chi connectivity index (χ0v) is 9.71. The molecule has 4 heteroatoms. The van der Waals surface area contributed by atoms with Gasteiger partial charge in [0, 0.05) is 22.1 Å². The fraction of sp³-hybridized carbons (Fsp3) is 0.250. The van der Waals surface area contributed by atoms with Crippen LogP contribution in [-0.4, -0.2) is 16.8 Å². The number of hydrogen-bond acceptors (Lipinski definition) is 2. The first-order valence-electron chi connectivity index (χ1n) is 5.09. The molecule has 84 valence electrons. The molecule has 0 spiro atoms. The van der Waals surface area contributed by atoms with Crippen LogP contribution in [0, 0.1) is 0 Å². The van der Waals surface area contributed by atoms with Crippen molar-refractivity contribution in [2.45, 2.75) is 19.4 Å². The second kappa shape index (κ2) is 4.28. The van der Waals surface area contributed by atoms with Gasteiger partial charge in [-0.05, 0) is 37.1 Å². The second-order valence-electron chi connectivity index (χ2n) is 3.93. The molecule has 0 saturated carbocycles. The number of nitrogens with two attached hydrogens (primary N) is 1. The van der Waals surface area contributed by atoms with E-state index >= 15 is 0 Å². The summed E-state index contributed by atoms with van der Waals surface area (Å²) >= 11 is 5.93. The minimum absolute atomic E-state index is 0.00335. The molecule has 1 aromatic heterocycles. The fourth-order valence-electron chi connectivity index (χ4n) is 1.70. The normalized spacial score (nSPS) is 12.9. The highest BCUT2D eigenvalue weighted by atomic mass is 35.5. The maximum Gasteiger partial charge on any atom is 0.146 e. The number of aromatic nitrogens is 1. The highest BCUT2D eigenvalue weighted by molar-refractivity contribution is 6.31. The molecule has 0 fully saturated rings. The quantitative estimate of drug-likeness (QED) is 0.859. The first kappa shape index (κ1) is 11.2. The molecule has 0 unspecified atom stereocenters. The number of ketones is 1. The van der Waals surface area contributed by atoms with Crippen LogP contribution >= 0.6 is 11.6 Å². The highest BCUT2D eigenvalue weighted by Gasteiger charge is 2.12. The largest absolute Gasteiger partial charge is 0.361 e. The number of rotatable bonds is 3. The Labute approximate surface area is 98.6 Å². The molecule has 0 aliphatic rings. The number of benzene rings is 1. The van der Waals surface area contributed by atoms with Crippen LogP contribution in [0.3, 0.4) is 0 Å². The summed E-state index contributed by atoms with van der Waals surface area (Å²) in [6.07, 6.45) is 2.42. The van der Waals surface area contributed by atoms with Crippen LogP contribution in [0.25, 0.3) is 10.9 Å². The number of H-pyrrole nitrogens is 1. The molecule has 0 aliphatic carbocycles. The van der Waals surface area contributed by atoms with Gasteiger partial charge in [0.05, 0.1) is 6.04 Å². The molecule has 1 atom stereocenters. The molecule has 0 aliphatic heterocycles. The van der Waals surface area contributed by atoms with Crippen LogP contribution in [0.2, 0.25) is 5.02 Å². The van der Waals surface area contributed by atoms with Crippen molar-refractivity contribution < 1.29 is 4.79 Å². The summed E-state index contributed by atoms with van der Waals surface area (Å²) in [6, 6.07) is 5.18. The number of carbonyl (C=O) groups is 1. The van der Waals surface area contributed by atoms with E-state index in [0.29, 0.717) is 11.4 Å². The Bertz CT molecular complexity index is 533. The minimum atomic E-state index is -0.446. The van der Waals surface area contributed by atoms with Crippen molar-refractivity contribution in [1.29, 1.82) is 0 Å². The molecule has 3 nitrogen and oxygen atoms in total. The van der Waals surface area contributed by atoms with Crippen molar-refractivity contribution in [1.82, 2.24) is 4.98 Å². The number of nitrogens with one attached hydrogen (secondary N) is 1. The van der Waals surface area contributed by atoms with Gasteiger partial charge in [-0.1, -0.05) is 11.6 Å². The Kier molecular flexibility index (Phi) is 2.99. The Morgan fingerprint density at radius 2 is 2.31 bits per heavy atom. The monoisotopic (exact) mass is 236 g/mol. The molecule has 16 heavy (non-hydrogen) atoms. The number of Topliss-reactive ketones (excluding diaryl/α,β-unsaturated/α-hetero) is 1. The van der Waals surface area contributed by atoms with Crippen molar-refractivity contribution in [3.63, 3.8) is 0 Å². The average molecular weight is 237 g/mol. The average Bonchev–Trinajstić information content (AvgIpc) is 2.61. The molecule has 2 rings (SSSR count). The van der Waals surface area contributed by atoms with Gasteiger partial charge < -0.3 is 10.7 Å². The first-order valence-corrected chi connectivity index (χ1v) is 5.47. The lowest BCUT2D eigenvalue weighted by molar-refractivity contribution is -0.118. The van der Waals surface area contributed by atoms with E-state index in [4.69, 9.17) is 17.3 Å². The van der Waals surface area contributed by atoms with Gasteiger partial charge >= 0.3 is 0 Å². The van der Waals surface area contributed by atoms with Crippen molar-refractivity contribution in [2.75, 3.05) is 0 Å². The van der Waals surface area contributed by atoms with E-state index in [2.05, 4.69) is 4.98 Å². The Hall–Kier alpha value is -1.32. The molecular weight excluding hydrogens is 224 g/mol. The van der Waals surface area contributed by atoms with E-state index in [1.165, 1.54) is 6.92 Å². The van der Waals surface area contributed by atoms with Gasteiger partial charge in [0.15, 0.2) is 0 Å². The summed E-state index contributed by atoms with van der Waals surface area (Å²) in [5.41, 5.74) is 7.78. The number of hydrogen-bond donors (Lipinski definition) is 2. The van der Waals surface area contributed by atoms with Crippen molar-refractivity contribution in [2.24, 2.45) is 5.73 Å². The second-order valence-corrected chi connectivity index (χ2v) is 4.36. The van der Waals surface area contributed by atoms with E-state index in [0.717, 1.165) is 16.5 Å². The van der Waals surface area contributed by atoms with Gasteiger partial charge in [-0.3, -0.25) is 4.79 Å². The summed E-state index contributed by atoms with van der Waals surface area (Å²) in [5.74, 6) is -0.00335. The SMILES string of the molecule is CC(=O)[C@@H](N)Cc1c[nH]c2ccc(Cl)cc12. The summed E-state index contributed by atoms with van der Waals surface area (Å²) in [5, 5.41) is 1.72. The summed E-state index contributed by atoms with van der Waals surface area (Å²) < 4.78 is 0. The van der Waals surface area contributed by atoms with E-state index in [1.54, 1.807) is 0 Å². The summed E-state index contributed by atoms with van der Waals surface area (Å²) in [6.45, 7) is 1.51. The maximum absolute atomic E-state index is 11.1. The van der Waals surface area contributed by atoms with Crippen LogP contribution in [0.5, 0.6) is 0 Å². The van der Waals surface area contributed by atoms with Gasteiger partial charge in [-0.25, -0.2) is 0 Å². The lowest BCUT2D eigenvalue weighted by Crippen LogP contribution is -2.30. The van der Waals surface area contributed by atoms with E-state index in [1.807, 2.05) is 24.4 Å². The van der Waals surface area contributed by atoms with Gasteiger partial charge in [-0.15, -0.1) is 0 Å². The lowest BCUT2D eigenvalue weighted by atomic mass is 10.0. The highest BCUT2D eigenvalue weighted by Crippen LogP contribution is 2.23. The van der Waals surface area contributed by atoms with E-state index in [-0.39, 0.29) is 5.78 Å². The van der Waals surface area contributed by atoms with Crippen molar-refractivity contribution in [3.05, 3.63) is 35.0 Å². The Morgan fingerprint density at radius 1 is 1.56 bits per heavy atom. The predicted molar refractivity (Wildman–Crippen MR) is 65.7 cm³/mol. The third kappa shape index (κ3) is 2.10. The van der Waals surface area contributed by atoms with Gasteiger partial charge in [0.2, 0.25) is 0 Å². The number of fused-ring (bicyclic) bond motifs is 1. The molecule has 2 aromatic rings. The number of halogens is 1. The summed E-state index contributed by atoms with van der Waals surface area (Å²) in [7, 11) is 0. The lowest BCUT2D eigenvalue weighted by Gasteiger charge is -2.06. The maximum atomic E-state index is 11.1. The topological polar surface area (TPSA) is 58.9 Å². The predicted octanol–water partition coefficient (Wildman–Crippen LogP) is 2.28. The third-order valence-electron chi connectivity index (χ3n) is 2.69. The molecule has 0 amide bonds. The standard InChI is InChI=1S/C12H13ClN2O/c1-7(16)11(14)4-8-6-15-12-3-2-9(13)5-10(8)12/h2-3,5-6,11,15H,4,14H2,1H3/t11-/m0/s1. The van der Waals surface area contributed by atoms with Crippen molar-refractivity contribution >= 4 is 28.3 Å². The van der Waals surface area contributed by atoms with Gasteiger partial charge in [0.1, 0.15) is 5.78 Å².